The standard InChI is InChI=1S/C21H23N5O3S/c1-13-5-8-17(14(2)10-13)22-20(28)23-18(27)12-30-21-25-24-19(15-6-7-15)26(21)11-16-4-3-9-29-16/h3-5,8-10,15H,6-7,11-12H2,1-2H3,(H2,22,23,27,28). The summed E-state index contributed by atoms with van der Waals surface area (Å²) in [6.07, 6.45) is 3.82. The Kier molecular flexibility index (Phi) is 5.89. The molecule has 9 heteroatoms. The molecule has 1 aliphatic carbocycles. The Morgan fingerprint density at radius 1 is 1.23 bits per heavy atom. The summed E-state index contributed by atoms with van der Waals surface area (Å²) >= 11 is 1.25. The lowest BCUT2D eigenvalue weighted by atomic mass is 10.1. The van der Waals surface area contributed by atoms with Crippen LogP contribution >= 0.6 is 11.8 Å². The smallest absolute Gasteiger partial charge is 0.325 e. The lowest BCUT2D eigenvalue weighted by Gasteiger charge is -2.10. The van der Waals surface area contributed by atoms with Crippen LogP contribution in [0.15, 0.2) is 46.2 Å². The minimum atomic E-state index is -0.553. The van der Waals surface area contributed by atoms with Gasteiger partial charge in [-0.2, -0.15) is 0 Å². The normalized spacial score (nSPS) is 13.3. The highest BCUT2D eigenvalue weighted by molar-refractivity contribution is 7.99. The van der Waals surface area contributed by atoms with E-state index in [0.717, 1.165) is 35.6 Å². The van der Waals surface area contributed by atoms with Crippen molar-refractivity contribution in [3.8, 4) is 0 Å². The van der Waals surface area contributed by atoms with E-state index in [-0.39, 0.29) is 5.75 Å². The molecule has 3 amide bonds. The predicted molar refractivity (Wildman–Crippen MR) is 114 cm³/mol. The van der Waals surface area contributed by atoms with Gasteiger partial charge in [0.25, 0.3) is 0 Å². The van der Waals surface area contributed by atoms with Crippen LogP contribution in [0.25, 0.3) is 0 Å². The molecule has 0 atom stereocenters. The summed E-state index contributed by atoms with van der Waals surface area (Å²) in [7, 11) is 0. The van der Waals surface area contributed by atoms with Gasteiger partial charge in [0, 0.05) is 11.6 Å². The molecule has 2 heterocycles. The largest absolute Gasteiger partial charge is 0.467 e. The van der Waals surface area contributed by atoms with Gasteiger partial charge in [-0.3, -0.25) is 14.7 Å². The fourth-order valence-corrected chi connectivity index (χ4v) is 3.90. The zero-order valence-electron chi connectivity index (χ0n) is 16.8. The Hall–Kier alpha value is -3.07. The lowest BCUT2D eigenvalue weighted by molar-refractivity contribution is -0.117. The van der Waals surface area contributed by atoms with Crippen molar-refractivity contribution in [1.82, 2.24) is 20.1 Å². The minimum Gasteiger partial charge on any atom is -0.467 e. The van der Waals surface area contributed by atoms with E-state index in [2.05, 4.69) is 20.8 Å². The molecular weight excluding hydrogens is 402 g/mol. The molecule has 1 fully saturated rings. The van der Waals surface area contributed by atoms with Crippen molar-refractivity contribution in [2.24, 2.45) is 0 Å². The summed E-state index contributed by atoms with van der Waals surface area (Å²) in [5.74, 6) is 1.79. The van der Waals surface area contributed by atoms with Crippen molar-refractivity contribution in [2.45, 2.75) is 44.3 Å². The maximum absolute atomic E-state index is 12.3. The number of hydrogen-bond acceptors (Lipinski definition) is 6. The molecule has 0 radical (unpaired) electrons. The molecule has 156 valence electrons. The average Bonchev–Trinajstić information content (AvgIpc) is 3.26. The SMILES string of the molecule is Cc1ccc(NC(=O)NC(=O)CSc2nnc(C3CC3)n2Cc2ccco2)c(C)c1. The highest BCUT2D eigenvalue weighted by Crippen LogP contribution is 2.40. The third kappa shape index (κ3) is 4.91. The van der Waals surface area contributed by atoms with Crippen LogP contribution in [-0.4, -0.2) is 32.5 Å². The highest BCUT2D eigenvalue weighted by atomic mass is 32.2. The fraction of sp³-hybridized carbons (Fsp3) is 0.333. The van der Waals surface area contributed by atoms with Gasteiger partial charge in [-0.1, -0.05) is 29.5 Å². The number of carbonyl (C=O) groups excluding carboxylic acids is 2. The first-order chi connectivity index (χ1) is 14.5. The van der Waals surface area contributed by atoms with Crippen molar-refractivity contribution in [3.63, 3.8) is 0 Å². The van der Waals surface area contributed by atoms with E-state index in [9.17, 15) is 9.59 Å². The van der Waals surface area contributed by atoms with Gasteiger partial charge >= 0.3 is 6.03 Å². The number of imide groups is 1. The van der Waals surface area contributed by atoms with Crippen LogP contribution in [-0.2, 0) is 11.3 Å². The molecule has 0 bridgehead atoms. The van der Waals surface area contributed by atoms with E-state index in [1.165, 1.54) is 11.8 Å². The van der Waals surface area contributed by atoms with Crippen LogP contribution in [0.2, 0.25) is 0 Å². The number of nitrogens with zero attached hydrogens (tertiary/aromatic N) is 3. The number of furan rings is 1. The van der Waals surface area contributed by atoms with Gasteiger partial charge in [-0.05, 0) is 50.5 Å². The van der Waals surface area contributed by atoms with E-state index in [0.29, 0.717) is 23.3 Å². The Morgan fingerprint density at radius 2 is 2.07 bits per heavy atom. The number of urea groups is 1. The molecular formula is C21H23N5O3S. The van der Waals surface area contributed by atoms with Gasteiger partial charge in [0.05, 0.1) is 18.6 Å². The predicted octanol–water partition coefficient (Wildman–Crippen LogP) is 3.85. The Balaban J connectivity index is 1.35. The topological polar surface area (TPSA) is 102 Å². The second-order valence-electron chi connectivity index (χ2n) is 7.39. The first kappa shape index (κ1) is 20.2. The van der Waals surface area contributed by atoms with Gasteiger partial charge in [0.2, 0.25) is 5.91 Å². The maximum Gasteiger partial charge on any atom is 0.325 e. The third-order valence-electron chi connectivity index (χ3n) is 4.80. The minimum absolute atomic E-state index is 0.0568. The Labute approximate surface area is 178 Å². The lowest BCUT2D eigenvalue weighted by Crippen LogP contribution is -2.35. The molecule has 3 aromatic rings. The molecule has 8 nitrogen and oxygen atoms in total. The zero-order valence-corrected chi connectivity index (χ0v) is 17.7. The van der Waals surface area contributed by atoms with Crippen molar-refractivity contribution in [1.29, 1.82) is 0 Å². The maximum atomic E-state index is 12.3. The number of amides is 3. The van der Waals surface area contributed by atoms with Gasteiger partial charge in [0.1, 0.15) is 11.6 Å². The summed E-state index contributed by atoms with van der Waals surface area (Å²) in [6.45, 7) is 4.41. The molecule has 1 aliphatic rings. The summed E-state index contributed by atoms with van der Waals surface area (Å²) < 4.78 is 7.44. The highest BCUT2D eigenvalue weighted by Gasteiger charge is 2.30. The number of anilines is 1. The average molecular weight is 426 g/mol. The van der Waals surface area contributed by atoms with Crippen LogP contribution in [0.5, 0.6) is 0 Å². The number of benzene rings is 1. The van der Waals surface area contributed by atoms with Crippen LogP contribution in [0.4, 0.5) is 10.5 Å². The molecule has 0 aliphatic heterocycles. The van der Waals surface area contributed by atoms with Gasteiger partial charge in [0.15, 0.2) is 5.16 Å². The number of rotatable bonds is 7. The van der Waals surface area contributed by atoms with Crippen molar-refractivity contribution in [3.05, 3.63) is 59.3 Å². The van der Waals surface area contributed by atoms with Crippen LogP contribution < -0.4 is 10.6 Å². The van der Waals surface area contributed by atoms with E-state index in [1.54, 1.807) is 6.26 Å². The van der Waals surface area contributed by atoms with E-state index in [1.807, 2.05) is 48.7 Å². The van der Waals surface area contributed by atoms with Crippen LogP contribution in [0.3, 0.4) is 0 Å². The Morgan fingerprint density at radius 3 is 2.77 bits per heavy atom. The van der Waals surface area contributed by atoms with Crippen molar-refractivity contribution >= 4 is 29.4 Å². The summed E-state index contributed by atoms with van der Waals surface area (Å²) in [6, 6.07) is 8.88. The summed E-state index contributed by atoms with van der Waals surface area (Å²) in [5, 5.41) is 14.3. The molecule has 0 unspecified atom stereocenters. The van der Waals surface area contributed by atoms with Crippen LogP contribution in [0.1, 0.15) is 41.5 Å². The van der Waals surface area contributed by atoms with Crippen molar-refractivity contribution in [2.75, 3.05) is 11.1 Å². The molecule has 2 aromatic heterocycles. The quantitative estimate of drug-likeness (QED) is 0.558. The van der Waals surface area contributed by atoms with Gasteiger partial charge in [-0.25, -0.2) is 4.79 Å². The number of thioether (sulfide) groups is 1. The van der Waals surface area contributed by atoms with Gasteiger partial charge in [-0.15, -0.1) is 10.2 Å². The van der Waals surface area contributed by atoms with E-state index >= 15 is 0 Å². The molecule has 0 spiro atoms. The number of nitrogens with one attached hydrogen (secondary N) is 2. The molecule has 4 rings (SSSR count). The number of hydrogen-bond donors (Lipinski definition) is 2. The number of carbonyl (C=O) groups is 2. The second-order valence-corrected chi connectivity index (χ2v) is 8.33. The number of aromatic nitrogens is 3. The zero-order chi connectivity index (χ0) is 21.1. The van der Waals surface area contributed by atoms with E-state index < -0.39 is 11.9 Å². The molecule has 0 saturated heterocycles. The van der Waals surface area contributed by atoms with E-state index in [4.69, 9.17) is 4.42 Å². The summed E-state index contributed by atoms with van der Waals surface area (Å²) in [4.78, 5) is 24.4. The molecule has 1 aromatic carbocycles. The summed E-state index contributed by atoms with van der Waals surface area (Å²) in [5.41, 5.74) is 2.71. The van der Waals surface area contributed by atoms with Gasteiger partial charge < -0.3 is 9.73 Å². The molecule has 1 saturated carbocycles. The van der Waals surface area contributed by atoms with Crippen molar-refractivity contribution < 1.29 is 14.0 Å². The third-order valence-corrected chi connectivity index (χ3v) is 5.76. The monoisotopic (exact) mass is 425 g/mol. The Bertz CT molecular complexity index is 1060. The first-order valence-electron chi connectivity index (χ1n) is 9.76. The first-order valence-corrected chi connectivity index (χ1v) is 10.7. The fourth-order valence-electron chi connectivity index (χ4n) is 3.16. The molecule has 2 N–H and O–H groups in total. The molecule has 30 heavy (non-hydrogen) atoms. The number of aryl methyl sites for hydroxylation is 2. The second kappa shape index (κ2) is 8.74. The van der Waals surface area contributed by atoms with Crippen LogP contribution in [0, 0.1) is 13.8 Å².